The summed E-state index contributed by atoms with van der Waals surface area (Å²) in [4.78, 5) is 14.3. The van der Waals surface area contributed by atoms with Crippen LogP contribution in [0.25, 0.3) is 0 Å². The third-order valence-corrected chi connectivity index (χ3v) is 5.21. The smallest absolute Gasteiger partial charge is 0.317 e. The largest absolute Gasteiger partial charge is 0.378 e. The molecule has 2 atom stereocenters. The van der Waals surface area contributed by atoms with Gasteiger partial charge in [-0.15, -0.1) is 0 Å². The van der Waals surface area contributed by atoms with Crippen molar-refractivity contribution in [3.05, 3.63) is 35.9 Å². The highest BCUT2D eigenvalue weighted by Crippen LogP contribution is 2.28. The van der Waals surface area contributed by atoms with Crippen LogP contribution in [0.3, 0.4) is 0 Å². The summed E-state index contributed by atoms with van der Waals surface area (Å²) in [5.41, 5.74) is 1.08. The van der Waals surface area contributed by atoms with Crippen molar-refractivity contribution < 1.29 is 14.3 Å². The van der Waals surface area contributed by atoms with E-state index in [-0.39, 0.29) is 12.1 Å². The quantitative estimate of drug-likeness (QED) is 0.902. The summed E-state index contributed by atoms with van der Waals surface area (Å²) in [5, 5.41) is 3.02. The first-order valence-corrected chi connectivity index (χ1v) is 9.00. The van der Waals surface area contributed by atoms with Gasteiger partial charge in [0.2, 0.25) is 0 Å². The Kier molecular flexibility index (Phi) is 6.10. The number of rotatable bonds is 5. The number of hydrogen-bond acceptors (Lipinski definition) is 3. The number of methoxy groups -OCH3 is 1. The third-order valence-electron chi connectivity index (χ3n) is 5.21. The Morgan fingerprint density at radius 2 is 2.04 bits per heavy atom. The lowest BCUT2D eigenvalue weighted by Crippen LogP contribution is -2.46. The Bertz CT molecular complexity index is 509. The number of amides is 2. The van der Waals surface area contributed by atoms with Crippen molar-refractivity contribution in [2.45, 2.75) is 37.9 Å². The van der Waals surface area contributed by atoms with E-state index in [1.165, 1.54) is 12.8 Å². The molecule has 0 bridgehead atoms. The van der Waals surface area contributed by atoms with Crippen LogP contribution < -0.4 is 5.32 Å². The molecule has 0 saturated carbocycles. The highest BCUT2D eigenvalue weighted by molar-refractivity contribution is 5.74. The fraction of sp³-hybridized carbons (Fsp3) is 0.632. The standard InChI is InChI=1S/C19H28N2O3/c1-23-18(15-6-3-2-4-7-15)14-20-19(22)21-11-9-16(10-12-21)17-8-5-13-24-17/h2-4,6-7,16-18H,5,8-14H2,1H3,(H,20,22)/t17-,18-/m1/s1. The second-order valence-corrected chi connectivity index (χ2v) is 6.70. The molecule has 1 aromatic rings. The predicted molar refractivity (Wildman–Crippen MR) is 92.9 cm³/mol. The fourth-order valence-corrected chi connectivity index (χ4v) is 3.75. The topological polar surface area (TPSA) is 50.8 Å². The molecule has 2 saturated heterocycles. The number of ether oxygens (including phenoxy) is 2. The minimum absolute atomic E-state index is 0.0128. The molecule has 0 unspecified atom stereocenters. The average Bonchev–Trinajstić information content (AvgIpc) is 3.18. The number of benzene rings is 1. The van der Waals surface area contributed by atoms with Gasteiger partial charge < -0.3 is 19.7 Å². The fourth-order valence-electron chi connectivity index (χ4n) is 3.75. The molecule has 0 spiro atoms. The normalized spacial score (nSPS) is 23.2. The van der Waals surface area contributed by atoms with E-state index >= 15 is 0 Å². The van der Waals surface area contributed by atoms with Crippen molar-refractivity contribution in [2.75, 3.05) is 33.4 Å². The van der Waals surface area contributed by atoms with Gasteiger partial charge in [0.25, 0.3) is 0 Å². The van der Waals surface area contributed by atoms with Crippen LogP contribution >= 0.6 is 0 Å². The van der Waals surface area contributed by atoms with Gasteiger partial charge >= 0.3 is 6.03 Å². The van der Waals surface area contributed by atoms with Gasteiger partial charge in [-0.25, -0.2) is 4.79 Å². The van der Waals surface area contributed by atoms with Gasteiger partial charge in [0.05, 0.1) is 12.2 Å². The van der Waals surface area contributed by atoms with Crippen molar-refractivity contribution in [2.24, 2.45) is 5.92 Å². The van der Waals surface area contributed by atoms with Crippen molar-refractivity contribution in [3.8, 4) is 0 Å². The van der Waals surface area contributed by atoms with E-state index in [1.54, 1.807) is 7.11 Å². The summed E-state index contributed by atoms with van der Waals surface area (Å²) in [6, 6.07) is 10.0. The van der Waals surface area contributed by atoms with Gasteiger partial charge in [-0.1, -0.05) is 30.3 Å². The van der Waals surface area contributed by atoms with Gasteiger partial charge in [-0.2, -0.15) is 0 Å². The highest BCUT2D eigenvalue weighted by atomic mass is 16.5. The molecule has 1 N–H and O–H groups in total. The first-order chi connectivity index (χ1) is 11.8. The number of urea groups is 1. The van der Waals surface area contributed by atoms with Crippen LogP contribution in [-0.2, 0) is 9.47 Å². The number of carbonyl (C=O) groups excluding carboxylic acids is 1. The molecule has 5 nitrogen and oxygen atoms in total. The highest BCUT2D eigenvalue weighted by Gasteiger charge is 2.30. The Morgan fingerprint density at radius 3 is 2.67 bits per heavy atom. The lowest BCUT2D eigenvalue weighted by atomic mass is 9.90. The molecular weight excluding hydrogens is 304 g/mol. The maximum atomic E-state index is 12.4. The zero-order valence-corrected chi connectivity index (χ0v) is 14.4. The third kappa shape index (κ3) is 4.28. The minimum atomic E-state index is -0.112. The van der Waals surface area contributed by atoms with Crippen molar-refractivity contribution in [1.29, 1.82) is 0 Å². The number of carbonyl (C=O) groups is 1. The monoisotopic (exact) mass is 332 g/mol. The summed E-state index contributed by atoms with van der Waals surface area (Å²) in [5.74, 6) is 0.618. The average molecular weight is 332 g/mol. The van der Waals surface area contributed by atoms with Crippen LogP contribution in [-0.4, -0.2) is 50.4 Å². The Balaban J connectivity index is 1.44. The van der Waals surface area contributed by atoms with Gasteiger partial charge in [-0.3, -0.25) is 0 Å². The van der Waals surface area contributed by atoms with Crippen LogP contribution in [0, 0.1) is 5.92 Å². The number of piperidine rings is 1. The molecule has 2 fully saturated rings. The van der Waals surface area contributed by atoms with E-state index in [0.717, 1.165) is 38.1 Å². The molecule has 0 aliphatic carbocycles. The van der Waals surface area contributed by atoms with Gasteiger partial charge in [0.15, 0.2) is 0 Å². The summed E-state index contributed by atoms with van der Waals surface area (Å²) in [7, 11) is 1.68. The van der Waals surface area contributed by atoms with Crippen LogP contribution in [0.5, 0.6) is 0 Å². The molecule has 1 aromatic carbocycles. The van der Waals surface area contributed by atoms with Crippen molar-refractivity contribution in [3.63, 3.8) is 0 Å². The summed E-state index contributed by atoms with van der Waals surface area (Å²) < 4.78 is 11.3. The van der Waals surface area contributed by atoms with Gasteiger partial charge in [0, 0.05) is 33.4 Å². The van der Waals surface area contributed by atoms with E-state index < -0.39 is 0 Å². The zero-order chi connectivity index (χ0) is 16.8. The van der Waals surface area contributed by atoms with Crippen molar-refractivity contribution in [1.82, 2.24) is 10.2 Å². The summed E-state index contributed by atoms with van der Waals surface area (Å²) in [6.45, 7) is 3.03. The SMILES string of the molecule is CO[C@H](CNC(=O)N1CCC([C@H]2CCCO2)CC1)c1ccccc1. The van der Waals surface area contributed by atoms with E-state index in [2.05, 4.69) is 5.32 Å². The Hall–Kier alpha value is -1.59. The molecule has 2 aliphatic rings. The van der Waals surface area contributed by atoms with E-state index in [1.807, 2.05) is 35.2 Å². The lowest BCUT2D eigenvalue weighted by Gasteiger charge is -2.34. The predicted octanol–water partition coefficient (Wildman–Crippen LogP) is 2.97. The van der Waals surface area contributed by atoms with E-state index in [4.69, 9.17) is 9.47 Å². The number of likely N-dealkylation sites (tertiary alicyclic amines) is 1. The Labute approximate surface area is 144 Å². The Morgan fingerprint density at radius 1 is 1.29 bits per heavy atom. The zero-order valence-electron chi connectivity index (χ0n) is 14.4. The first-order valence-electron chi connectivity index (χ1n) is 9.00. The van der Waals surface area contributed by atoms with Gasteiger partial charge in [0.1, 0.15) is 0 Å². The molecule has 0 aromatic heterocycles. The van der Waals surface area contributed by atoms with Crippen LogP contribution in [0.4, 0.5) is 4.79 Å². The van der Waals surface area contributed by atoms with Crippen LogP contribution in [0.2, 0.25) is 0 Å². The number of nitrogens with zero attached hydrogens (tertiary/aromatic N) is 1. The maximum absolute atomic E-state index is 12.4. The van der Waals surface area contributed by atoms with E-state index in [0.29, 0.717) is 18.6 Å². The molecule has 5 heteroatoms. The molecule has 2 heterocycles. The molecule has 132 valence electrons. The van der Waals surface area contributed by atoms with Crippen molar-refractivity contribution >= 4 is 6.03 Å². The second-order valence-electron chi connectivity index (χ2n) is 6.70. The van der Waals surface area contributed by atoms with Crippen LogP contribution in [0.15, 0.2) is 30.3 Å². The second kappa shape index (κ2) is 8.49. The molecule has 0 radical (unpaired) electrons. The molecular formula is C19H28N2O3. The van der Waals surface area contributed by atoms with E-state index in [9.17, 15) is 4.79 Å². The molecule has 3 rings (SSSR count). The molecule has 2 aliphatic heterocycles. The lowest BCUT2D eigenvalue weighted by molar-refractivity contribution is 0.0367. The first kappa shape index (κ1) is 17.2. The maximum Gasteiger partial charge on any atom is 0.317 e. The molecule has 2 amide bonds. The molecule has 24 heavy (non-hydrogen) atoms. The number of nitrogens with one attached hydrogen (secondary N) is 1. The van der Waals surface area contributed by atoms with Crippen LogP contribution in [0.1, 0.15) is 37.4 Å². The minimum Gasteiger partial charge on any atom is -0.378 e. The summed E-state index contributed by atoms with van der Waals surface area (Å²) in [6.07, 6.45) is 4.77. The van der Waals surface area contributed by atoms with Gasteiger partial charge in [-0.05, 0) is 37.2 Å². The number of hydrogen-bond donors (Lipinski definition) is 1. The summed E-state index contributed by atoms with van der Waals surface area (Å²) >= 11 is 0.